The Bertz CT molecular complexity index is 498. The summed E-state index contributed by atoms with van der Waals surface area (Å²) in [7, 11) is 0. The van der Waals surface area contributed by atoms with Crippen molar-refractivity contribution >= 4 is 16.9 Å². The van der Waals surface area contributed by atoms with Crippen molar-refractivity contribution in [2.24, 2.45) is 0 Å². The minimum absolute atomic E-state index is 0.331. The van der Waals surface area contributed by atoms with E-state index < -0.39 is 5.97 Å². The molecule has 0 aliphatic carbocycles. The molecule has 4 heteroatoms. The van der Waals surface area contributed by atoms with Gasteiger partial charge in [0.2, 0.25) is 0 Å². The van der Waals surface area contributed by atoms with Crippen LogP contribution in [0.15, 0.2) is 28.9 Å². The molecule has 0 aliphatic rings. The van der Waals surface area contributed by atoms with Gasteiger partial charge in [0.05, 0.1) is 6.26 Å². The summed E-state index contributed by atoms with van der Waals surface area (Å²) in [6, 6.07) is 5.23. The monoisotopic (exact) mass is 206 g/mol. The second kappa shape index (κ2) is 3.65. The van der Waals surface area contributed by atoms with Crippen molar-refractivity contribution < 1.29 is 19.1 Å². The Balaban J connectivity index is 2.29. The smallest absolute Gasteiger partial charge is 0.341 e. The average molecular weight is 206 g/mol. The van der Waals surface area contributed by atoms with Gasteiger partial charge in [-0.15, -0.1) is 0 Å². The first-order valence-corrected chi connectivity index (χ1v) is 4.49. The Hall–Kier alpha value is -1.97. The molecule has 2 rings (SSSR count). The number of ether oxygens (including phenoxy) is 1. The molecule has 0 saturated heterocycles. The largest absolute Gasteiger partial charge is 0.482 e. The second-order valence-corrected chi connectivity index (χ2v) is 3.26. The molecule has 4 nitrogen and oxygen atoms in total. The van der Waals surface area contributed by atoms with Crippen LogP contribution in [0, 0.1) is 6.92 Å². The number of hydrogen-bond donors (Lipinski definition) is 1. The fourth-order valence-corrected chi connectivity index (χ4v) is 1.37. The summed E-state index contributed by atoms with van der Waals surface area (Å²) in [4.78, 5) is 10.3. The number of fused-ring (bicyclic) bond motifs is 1. The van der Waals surface area contributed by atoms with Gasteiger partial charge in [0.25, 0.3) is 0 Å². The first-order chi connectivity index (χ1) is 7.16. The molecule has 78 valence electrons. The number of hydrogen-bond acceptors (Lipinski definition) is 3. The van der Waals surface area contributed by atoms with Crippen LogP contribution in [-0.4, -0.2) is 17.7 Å². The summed E-state index contributed by atoms with van der Waals surface area (Å²) >= 11 is 0. The van der Waals surface area contributed by atoms with E-state index in [2.05, 4.69) is 0 Å². The highest BCUT2D eigenvalue weighted by Crippen LogP contribution is 2.25. The van der Waals surface area contributed by atoms with Gasteiger partial charge in [0.1, 0.15) is 11.3 Å². The van der Waals surface area contributed by atoms with E-state index in [1.807, 2.05) is 6.92 Å². The molecule has 0 bridgehead atoms. The van der Waals surface area contributed by atoms with Crippen molar-refractivity contribution in [3.05, 3.63) is 30.0 Å². The fraction of sp³-hybridized carbons (Fsp3) is 0.182. The van der Waals surface area contributed by atoms with Crippen molar-refractivity contribution in [2.75, 3.05) is 6.61 Å². The van der Waals surface area contributed by atoms with Gasteiger partial charge >= 0.3 is 5.97 Å². The Morgan fingerprint density at radius 2 is 2.33 bits per heavy atom. The fourth-order valence-electron chi connectivity index (χ4n) is 1.37. The van der Waals surface area contributed by atoms with E-state index in [4.69, 9.17) is 14.3 Å². The third-order valence-electron chi connectivity index (χ3n) is 2.10. The Labute approximate surface area is 86.1 Å². The molecular weight excluding hydrogens is 196 g/mol. The van der Waals surface area contributed by atoms with Crippen LogP contribution < -0.4 is 4.74 Å². The van der Waals surface area contributed by atoms with E-state index in [9.17, 15) is 4.79 Å². The molecule has 0 amide bonds. The lowest BCUT2D eigenvalue weighted by atomic mass is 10.2. The van der Waals surface area contributed by atoms with Crippen molar-refractivity contribution in [1.82, 2.24) is 0 Å². The van der Waals surface area contributed by atoms with Crippen LogP contribution in [-0.2, 0) is 4.79 Å². The Morgan fingerprint density at radius 1 is 1.53 bits per heavy atom. The summed E-state index contributed by atoms with van der Waals surface area (Å²) < 4.78 is 10.3. The zero-order valence-corrected chi connectivity index (χ0v) is 8.19. The number of aliphatic carboxylic acids is 1. The summed E-state index contributed by atoms with van der Waals surface area (Å²) in [6.45, 7) is 1.59. The van der Waals surface area contributed by atoms with Gasteiger partial charge in [0.15, 0.2) is 6.61 Å². The molecule has 1 N–H and O–H groups in total. The summed E-state index contributed by atoms with van der Waals surface area (Å²) in [5.41, 5.74) is 1.78. The van der Waals surface area contributed by atoms with Crippen molar-refractivity contribution in [3.8, 4) is 5.75 Å². The van der Waals surface area contributed by atoms with E-state index in [0.717, 1.165) is 16.5 Å². The zero-order chi connectivity index (χ0) is 10.8. The standard InChI is InChI=1S/C11H10O4/c1-7-5-15-10-3-2-8(4-9(7)10)14-6-11(12)13/h2-5H,6H2,1H3,(H,12,13). The second-order valence-electron chi connectivity index (χ2n) is 3.26. The predicted octanol–water partition coefficient (Wildman–Crippen LogP) is 2.20. The van der Waals surface area contributed by atoms with Crippen LogP contribution in [0.2, 0.25) is 0 Å². The first kappa shape index (κ1) is 9.58. The molecule has 1 heterocycles. The molecule has 0 spiro atoms. The number of benzene rings is 1. The third-order valence-corrected chi connectivity index (χ3v) is 2.10. The zero-order valence-electron chi connectivity index (χ0n) is 8.19. The minimum Gasteiger partial charge on any atom is -0.482 e. The van der Waals surface area contributed by atoms with E-state index in [-0.39, 0.29) is 6.61 Å². The Kier molecular flexibility index (Phi) is 2.33. The molecule has 0 aliphatic heterocycles. The van der Waals surface area contributed by atoms with Gasteiger partial charge in [-0.3, -0.25) is 0 Å². The molecule has 0 fully saturated rings. The third kappa shape index (κ3) is 1.93. The highest BCUT2D eigenvalue weighted by atomic mass is 16.5. The maximum Gasteiger partial charge on any atom is 0.341 e. The SMILES string of the molecule is Cc1coc2ccc(OCC(=O)O)cc12. The van der Waals surface area contributed by atoms with Crippen molar-refractivity contribution in [2.45, 2.75) is 6.92 Å². The quantitative estimate of drug-likeness (QED) is 0.836. The average Bonchev–Trinajstić information content (AvgIpc) is 2.57. The molecule has 2 aromatic rings. The lowest BCUT2D eigenvalue weighted by molar-refractivity contribution is -0.139. The highest BCUT2D eigenvalue weighted by molar-refractivity contribution is 5.82. The van der Waals surface area contributed by atoms with Gasteiger partial charge in [-0.05, 0) is 30.7 Å². The number of furan rings is 1. The lowest BCUT2D eigenvalue weighted by Crippen LogP contribution is -2.09. The summed E-state index contributed by atoms with van der Waals surface area (Å²) in [6.07, 6.45) is 1.66. The van der Waals surface area contributed by atoms with Crippen LogP contribution in [0.1, 0.15) is 5.56 Å². The van der Waals surface area contributed by atoms with Crippen LogP contribution in [0.25, 0.3) is 11.0 Å². The van der Waals surface area contributed by atoms with Crippen LogP contribution >= 0.6 is 0 Å². The predicted molar refractivity (Wildman–Crippen MR) is 54.1 cm³/mol. The van der Waals surface area contributed by atoms with Gasteiger partial charge in [-0.1, -0.05) is 0 Å². The molecule has 0 atom stereocenters. The maximum absolute atomic E-state index is 10.3. The molecule has 1 aromatic heterocycles. The van der Waals surface area contributed by atoms with E-state index >= 15 is 0 Å². The number of carboxylic acid groups (broad SMARTS) is 1. The van der Waals surface area contributed by atoms with Crippen LogP contribution in [0.4, 0.5) is 0 Å². The van der Waals surface area contributed by atoms with Crippen LogP contribution in [0.3, 0.4) is 0 Å². The highest BCUT2D eigenvalue weighted by Gasteiger charge is 2.04. The van der Waals surface area contributed by atoms with Gasteiger partial charge < -0.3 is 14.3 Å². The Morgan fingerprint density at radius 3 is 3.07 bits per heavy atom. The molecule has 0 radical (unpaired) electrons. The molecular formula is C11H10O4. The normalized spacial score (nSPS) is 10.5. The first-order valence-electron chi connectivity index (χ1n) is 4.49. The van der Waals surface area contributed by atoms with Crippen LogP contribution in [0.5, 0.6) is 5.75 Å². The summed E-state index contributed by atoms with van der Waals surface area (Å²) in [5.74, 6) is -0.451. The van der Waals surface area contributed by atoms with Gasteiger partial charge in [-0.25, -0.2) is 4.79 Å². The number of rotatable bonds is 3. The van der Waals surface area contributed by atoms with Gasteiger partial charge in [-0.2, -0.15) is 0 Å². The van der Waals surface area contributed by atoms with E-state index in [1.165, 1.54) is 0 Å². The summed E-state index contributed by atoms with van der Waals surface area (Å²) in [5, 5.41) is 9.40. The van der Waals surface area contributed by atoms with Crippen molar-refractivity contribution in [3.63, 3.8) is 0 Å². The van der Waals surface area contributed by atoms with Crippen molar-refractivity contribution in [1.29, 1.82) is 0 Å². The maximum atomic E-state index is 10.3. The molecule has 0 saturated carbocycles. The van der Waals surface area contributed by atoms with E-state index in [1.54, 1.807) is 24.5 Å². The number of carboxylic acids is 1. The topological polar surface area (TPSA) is 59.7 Å². The van der Waals surface area contributed by atoms with Gasteiger partial charge in [0, 0.05) is 5.39 Å². The number of aryl methyl sites for hydroxylation is 1. The number of carbonyl (C=O) groups is 1. The molecule has 1 aromatic carbocycles. The minimum atomic E-state index is -0.987. The molecule has 15 heavy (non-hydrogen) atoms. The van der Waals surface area contributed by atoms with E-state index in [0.29, 0.717) is 5.75 Å². The molecule has 0 unspecified atom stereocenters. The lowest BCUT2D eigenvalue weighted by Gasteiger charge is -2.02.